The summed E-state index contributed by atoms with van der Waals surface area (Å²) in [6, 6.07) is -0.735. The van der Waals surface area contributed by atoms with Gasteiger partial charge in [0.2, 0.25) is 5.91 Å². The van der Waals surface area contributed by atoms with Crippen molar-refractivity contribution in [1.82, 2.24) is 10.2 Å². The maximum Gasteiger partial charge on any atom is 0.401 e. The van der Waals surface area contributed by atoms with Crippen molar-refractivity contribution >= 4 is 5.91 Å². The normalized spacial score (nSPS) is 30.0. The molecule has 0 aromatic rings. The molecule has 0 aromatic carbocycles. The molecular weight excluding hydrogens is 297 g/mol. The molecule has 0 aromatic heterocycles. The van der Waals surface area contributed by atoms with Gasteiger partial charge in [0, 0.05) is 18.5 Å². The lowest BCUT2D eigenvalue weighted by molar-refractivity contribution is -0.139. The van der Waals surface area contributed by atoms with Gasteiger partial charge in [0.05, 0.1) is 18.7 Å². The summed E-state index contributed by atoms with van der Waals surface area (Å²) in [7, 11) is 0. The van der Waals surface area contributed by atoms with Crippen LogP contribution in [0.15, 0.2) is 0 Å². The molecule has 7 heteroatoms. The molecule has 1 amide bonds. The lowest BCUT2D eigenvalue weighted by Gasteiger charge is -2.30. The van der Waals surface area contributed by atoms with Crippen LogP contribution in [0.4, 0.5) is 13.2 Å². The van der Waals surface area contributed by atoms with Crippen LogP contribution in [0.25, 0.3) is 0 Å². The molecule has 2 fully saturated rings. The Morgan fingerprint density at radius 1 is 1.36 bits per heavy atom. The van der Waals surface area contributed by atoms with Gasteiger partial charge in [0.25, 0.3) is 0 Å². The number of hydrogen-bond donors (Lipinski definition) is 2. The number of nitrogens with zero attached hydrogens (tertiary/aromatic N) is 1. The molecule has 1 saturated heterocycles. The zero-order chi connectivity index (χ0) is 16.5. The van der Waals surface area contributed by atoms with E-state index in [4.69, 9.17) is 0 Å². The van der Waals surface area contributed by atoms with Gasteiger partial charge >= 0.3 is 6.18 Å². The fraction of sp³-hybridized carbons (Fsp3) is 0.933. The van der Waals surface area contributed by atoms with Crippen LogP contribution in [0.5, 0.6) is 0 Å². The number of aliphatic hydroxyl groups is 1. The number of carbonyl (C=O) groups excluding carboxylic acids is 1. The summed E-state index contributed by atoms with van der Waals surface area (Å²) < 4.78 is 37.3. The molecule has 2 aliphatic rings. The Kier molecular flexibility index (Phi) is 5.37. The summed E-state index contributed by atoms with van der Waals surface area (Å²) in [5.41, 5.74) is 0. The molecule has 4 nitrogen and oxygen atoms in total. The molecule has 0 radical (unpaired) electrons. The number of nitrogens with one attached hydrogen (secondary N) is 1. The average Bonchev–Trinajstić information content (AvgIpc) is 2.76. The van der Waals surface area contributed by atoms with E-state index in [1.165, 1.54) is 0 Å². The van der Waals surface area contributed by atoms with Crippen LogP contribution in [0.2, 0.25) is 0 Å². The number of rotatable bonds is 5. The molecule has 1 heterocycles. The monoisotopic (exact) mass is 322 g/mol. The largest absolute Gasteiger partial charge is 0.401 e. The van der Waals surface area contributed by atoms with E-state index in [2.05, 4.69) is 5.32 Å². The third kappa shape index (κ3) is 4.35. The van der Waals surface area contributed by atoms with E-state index in [-0.39, 0.29) is 29.9 Å². The van der Waals surface area contributed by atoms with Gasteiger partial charge < -0.3 is 10.0 Å². The fourth-order valence-electron chi connectivity index (χ4n) is 3.56. The topological polar surface area (TPSA) is 52.6 Å². The molecule has 2 bridgehead atoms. The summed E-state index contributed by atoms with van der Waals surface area (Å²) in [4.78, 5) is 14.4. The first-order chi connectivity index (χ1) is 10.2. The molecule has 0 spiro atoms. The SMILES string of the molecule is CC(C)C[C@H](NCC(F)(F)F)C(=O)N1CC2CC1CCC2O. The highest BCUT2D eigenvalue weighted by atomic mass is 19.4. The molecule has 2 N–H and O–H groups in total. The van der Waals surface area contributed by atoms with Gasteiger partial charge in [-0.3, -0.25) is 10.1 Å². The van der Waals surface area contributed by atoms with Crippen molar-refractivity contribution in [2.24, 2.45) is 11.8 Å². The summed E-state index contributed by atoms with van der Waals surface area (Å²) in [6.07, 6.45) is -2.17. The minimum Gasteiger partial charge on any atom is -0.393 e. The Labute approximate surface area is 129 Å². The summed E-state index contributed by atoms with van der Waals surface area (Å²) in [5, 5.41) is 12.3. The predicted molar refractivity (Wildman–Crippen MR) is 76.1 cm³/mol. The number of fused-ring (bicyclic) bond motifs is 2. The average molecular weight is 322 g/mol. The van der Waals surface area contributed by atoms with Crippen molar-refractivity contribution in [3.05, 3.63) is 0 Å². The molecule has 22 heavy (non-hydrogen) atoms. The van der Waals surface area contributed by atoms with Crippen molar-refractivity contribution in [2.45, 2.75) is 63.9 Å². The highest BCUT2D eigenvalue weighted by Crippen LogP contribution is 2.36. The van der Waals surface area contributed by atoms with E-state index in [1.807, 2.05) is 13.8 Å². The fourth-order valence-corrected chi connectivity index (χ4v) is 3.56. The maximum atomic E-state index is 12.7. The van der Waals surface area contributed by atoms with E-state index in [9.17, 15) is 23.1 Å². The van der Waals surface area contributed by atoms with Crippen molar-refractivity contribution in [2.75, 3.05) is 13.1 Å². The Bertz CT molecular complexity index is 401. The van der Waals surface area contributed by atoms with Gasteiger partial charge in [-0.05, 0) is 31.6 Å². The van der Waals surface area contributed by atoms with Crippen LogP contribution in [-0.4, -0.2) is 53.4 Å². The molecular formula is C15H25F3N2O2. The standard InChI is InChI=1S/C15H25F3N2O2/c1-9(2)5-12(19-8-15(16,17)18)14(22)20-7-10-6-11(20)3-4-13(10)21/h9-13,19,21H,3-8H2,1-2H3/t10?,11?,12-,13?/m0/s1. The molecule has 128 valence electrons. The molecule has 1 saturated carbocycles. The van der Waals surface area contributed by atoms with Gasteiger partial charge in [0.15, 0.2) is 0 Å². The van der Waals surface area contributed by atoms with Crippen LogP contribution in [0.1, 0.15) is 39.5 Å². The lowest BCUT2D eigenvalue weighted by Crippen LogP contribution is -2.50. The first-order valence-electron chi connectivity index (χ1n) is 7.96. The number of likely N-dealkylation sites (tertiary alicyclic amines) is 1. The highest BCUT2D eigenvalue weighted by molar-refractivity contribution is 5.82. The Morgan fingerprint density at radius 2 is 2.05 bits per heavy atom. The van der Waals surface area contributed by atoms with Crippen LogP contribution < -0.4 is 5.32 Å². The summed E-state index contributed by atoms with van der Waals surface area (Å²) >= 11 is 0. The maximum absolute atomic E-state index is 12.7. The minimum absolute atomic E-state index is 0.0725. The second-order valence-electron chi connectivity index (χ2n) is 6.96. The Hall–Kier alpha value is -0.820. The third-order valence-corrected chi connectivity index (χ3v) is 4.62. The first-order valence-corrected chi connectivity index (χ1v) is 7.96. The zero-order valence-corrected chi connectivity index (χ0v) is 13.1. The van der Waals surface area contributed by atoms with Crippen LogP contribution in [0.3, 0.4) is 0 Å². The quantitative estimate of drug-likeness (QED) is 0.813. The third-order valence-electron chi connectivity index (χ3n) is 4.62. The van der Waals surface area contributed by atoms with Crippen LogP contribution >= 0.6 is 0 Å². The molecule has 1 aliphatic carbocycles. The number of halogens is 3. The zero-order valence-electron chi connectivity index (χ0n) is 13.1. The number of aliphatic hydroxyl groups excluding tert-OH is 1. The smallest absolute Gasteiger partial charge is 0.393 e. The van der Waals surface area contributed by atoms with Crippen molar-refractivity contribution in [3.63, 3.8) is 0 Å². The first kappa shape index (κ1) is 17.5. The van der Waals surface area contributed by atoms with Gasteiger partial charge in [-0.1, -0.05) is 13.8 Å². The van der Waals surface area contributed by atoms with Gasteiger partial charge in [-0.25, -0.2) is 0 Å². The number of alkyl halides is 3. The number of amides is 1. The van der Waals surface area contributed by atoms with E-state index >= 15 is 0 Å². The number of hydrogen-bond acceptors (Lipinski definition) is 3. The Morgan fingerprint density at radius 3 is 2.59 bits per heavy atom. The second-order valence-corrected chi connectivity index (χ2v) is 6.96. The van der Waals surface area contributed by atoms with Crippen molar-refractivity contribution in [3.8, 4) is 0 Å². The molecule has 3 unspecified atom stereocenters. The van der Waals surface area contributed by atoms with E-state index in [0.717, 1.165) is 12.8 Å². The van der Waals surface area contributed by atoms with Gasteiger partial charge in [0.1, 0.15) is 0 Å². The van der Waals surface area contributed by atoms with Crippen LogP contribution in [-0.2, 0) is 4.79 Å². The van der Waals surface area contributed by atoms with Crippen LogP contribution in [0, 0.1) is 11.8 Å². The molecule has 4 atom stereocenters. The van der Waals surface area contributed by atoms with E-state index in [1.54, 1.807) is 4.90 Å². The van der Waals surface area contributed by atoms with E-state index < -0.39 is 18.8 Å². The van der Waals surface area contributed by atoms with Crippen molar-refractivity contribution < 1.29 is 23.1 Å². The van der Waals surface area contributed by atoms with Gasteiger partial charge in [-0.2, -0.15) is 13.2 Å². The predicted octanol–water partition coefficient (Wildman–Crippen LogP) is 1.92. The van der Waals surface area contributed by atoms with Crippen molar-refractivity contribution in [1.29, 1.82) is 0 Å². The molecule has 2 rings (SSSR count). The second kappa shape index (κ2) is 6.74. The summed E-state index contributed by atoms with van der Waals surface area (Å²) in [5.74, 6) is -0.0492. The summed E-state index contributed by atoms with van der Waals surface area (Å²) in [6.45, 7) is 3.09. The van der Waals surface area contributed by atoms with Gasteiger partial charge in [-0.15, -0.1) is 0 Å². The lowest BCUT2D eigenvalue weighted by atomic mass is 9.88. The number of carbonyl (C=O) groups is 1. The molecule has 1 aliphatic heterocycles. The van der Waals surface area contributed by atoms with E-state index in [0.29, 0.717) is 19.4 Å². The highest BCUT2D eigenvalue weighted by Gasteiger charge is 2.44. The minimum atomic E-state index is -4.33. The Balaban J connectivity index is 2.02.